The normalized spacial score (nSPS) is 14.6. The monoisotopic (exact) mass is 757 g/mol. The lowest BCUT2D eigenvalue weighted by molar-refractivity contribution is -0.149. The van der Waals surface area contributed by atoms with Gasteiger partial charge in [0.1, 0.15) is 10.5 Å². The minimum absolute atomic E-state index is 0.0999. The number of amides is 2. The number of carbonyl (C=O) groups is 4. The van der Waals surface area contributed by atoms with E-state index in [9.17, 15) is 27.6 Å². The summed E-state index contributed by atoms with van der Waals surface area (Å²) in [4.78, 5) is 52.5. The molecule has 1 aromatic heterocycles. The highest BCUT2D eigenvalue weighted by molar-refractivity contribution is 7.89. The maximum atomic E-state index is 14.0. The van der Waals surface area contributed by atoms with E-state index >= 15 is 0 Å². The lowest BCUT2D eigenvalue weighted by Crippen LogP contribution is -2.48. The SMILES string of the molecule is CCCN(C1(C(=O)OCC)CC1)S(=O)(=O)c1cccc(C(=O)Nc2sc3c(c2C(=O)Nc2ccc(CCc4ccc(C(=O)O)cc4)cc2)CCCC3)c1. The van der Waals surface area contributed by atoms with Crippen molar-refractivity contribution in [2.24, 2.45) is 0 Å². The molecular weight excluding hydrogens is 715 g/mol. The van der Waals surface area contributed by atoms with Crippen molar-refractivity contribution in [1.29, 1.82) is 0 Å². The predicted molar refractivity (Wildman–Crippen MR) is 203 cm³/mol. The summed E-state index contributed by atoms with van der Waals surface area (Å²) in [6.07, 6.45) is 6.11. The van der Waals surface area contributed by atoms with Crippen LogP contribution < -0.4 is 10.6 Å². The largest absolute Gasteiger partial charge is 0.478 e. The molecule has 0 bridgehead atoms. The van der Waals surface area contributed by atoms with Gasteiger partial charge in [0.2, 0.25) is 10.0 Å². The summed E-state index contributed by atoms with van der Waals surface area (Å²) in [5.74, 6) is -2.41. The number of nitrogens with one attached hydrogen (secondary N) is 2. The van der Waals surface area contributed by atoms with Crippen molar-refractivity contribution < 1.29 is 37.4 Å². The second kappa shape index (κ2) is 16.0. The van der Waals surface area contributed by atoms with E-state index in [2.05, 4.69) is 10.6 Å². The highest BCUT2D eigenvalue weighted by Gasteiger charge is 2.60. The standard InChI is InChI=1S/C40H43N3O8S2/c1-3-24-43(40(22-23-40)39(48)51-4-2)53(49,50)31-9-7-8-29(25-31)35(44)42-37-34(32-10-5-6-11-33(32)52-37)36(45)41-30-20-16-27(17-21-30)13-12-26-14-18-28(19-15-26)38(46)47/h7-9,14-21,25H,3-6,10-13,22-24H2,1-2H3,(H,41,45)(H,42,44)(H,46,47). The molecule has 1 heterocycles. The van der Waals surface area contributed by atoms with Crippen molar-refractivity contribution in [1.82, 2.24) is 4.31 Å². The van der Waals surface area contributed by atoms with Crippen LogP contribution in [0.5, 0.6) is 0 Å². The molecule has 278 valence electrons. The molecule has 0 atom stereocenters. The van der Waals surface area contributed by atoms with Gasteiger partial charge in [0.15, 0.2) is 0 Å². The van der Waals surface area contributed by atoms with E-state index in [0.717, 1.165) is 53.7 Å². The Balaban J connectivity index is 1.18. The number of hydrogen-bond acceptors (Lipinski definition) is 8. The van der Waals surface area contributed by atoms with E-state index < -0.39 is 33.4 Å². The summed E-state index contributed by atoms with van der Waals surface area (Å²) in [7, 11) is -4.16. The van der Waals surface area contributed by atoms with Crippen LogP contribution in [-0.2, 0) is 45.2 Å². The zero-order valence-corrected chi connectivity index (χ0v) is 31.4. The molecule has 13 heteroatoms. The summed E-state index contributed by atoms with van der Waals surface area (Å²) in [5, 5.41) is 15.4. The van der Waals surface area contributed by atoms with Gasteiger partial charge in [-0.05, 0) is 124 Å². The smallest absolute Gasteiger partial charge is 0.335 e. The molecule has 4 aromatic rings. The van der Waals surface area contributed by atoms with Crippen LogP contribution in [0, 0.1) is 0 Å². The number of hydrogen-bond donors (Lipinski definition) is 3. The summed E-state index contributed by atoms with van der Waals surface area (Å²) >= 11 is 1.37. The first-order valence-corrected chi connectivity index (χ1v) is 20.2. The molecule has 0 spiro atoms. The second-order valence-corrected chi connectivity index (χ2v) is 16.3. The molecule has 0 unspecified atom stereocenters. The molecule has 1 saturated carbocycles. The summed E-state index contributed by atoms with van der Waals surface area (Å²) in [5.41, 5.74) is 3.13. The number of rotatable bonds is 15. The first-order valence-electron chi connectivity index (χ1n) is 18.0. The highest BCUT2D eigenvalue weighted by Crippen LogP contribution is 2.46. The average Bonchev–Trinajstić information content (AvgIpc) is 3.88. The molecule has 0 saturated heterocycles. The summed E-state index contributed by atoms with van der Waals surface area (Å²) < 4.78 is 34.4. The van der Waals surface area contributed by atoms with E-state index in [0.29, 0.717) is 41.9 Å². The van der Waals surface area contributed by atoms with Gasteiger partial charge >= 0.3 is 11.9 Å². The van der Waals surface area contributed by atoms with Gasteiger partial charge in [-0.15, -0.1) is 11.3 Å². The number of aromatic carboxylic acids is 1. The Morgan fingerprint density at radius 1 is 0.849 bits per heavy atom. The quantitative estimate of drug-likeness (QED) is 0.108. The van der Waals surface area contributed by atoms with Crippen molar-refractivity contribution in [3.63, 3.8) is 0 Å². The van der Waals surface area contributed by atoms with Gasteiger partial charge in [-0.1, -0.05) is 37.3 Å². The molecular formula is C40H43N3O8S2. The third-order valence-corrected chi connectivity index (χ3v) is 12.9. The Hall–Kier alpha value is -4.85. The van der Waals surface area contributed by atoms with Gasteiger partial charge in [0.25, 0.3) is 11.8 Å². The van der Waals surface area contributed by atoms with Crippen molar-refractivity contribution in [2.45, 2.75) is 82.1 Å². The van der Waals surface area contributed by atoms with Crippen LogP contribution in [0.3, 0.4) is 0 Å². The molecule has 53 heavy (non-hydrogen) atoms. The van der Waals surface area contributed by atoms with Gasteiger partial charge in [-0.3, -0.25) is 14.4 Å². The minimum atomic E-state index is -4.16. The van der Waals surface area contributed by atoms with E-state index in [1.165, 1.54) is 39.9 Å². The maximum absolute atomic E-state index is 14.0. The summed E-state index contributed by atoms with van der Waals surface area (Å²) in [6.45, 7) is 3.79. The van der Waals surface area contributed by atoms with Gasteiger partial charge in [0.05, 0.1) is 22.6 Å². The number of ether oxygens (including phenoxy) is 1. The maximum Gasteiger partial charge on any atom is 0.335 e. The fraction of sp³-hybridized carbons (Fsp3) is 0.350. The van der Waals surface area contributed by atoms with E-state index in [1.54, 1.807) is 19.1 Å². The Labute approximate surface area is 313 Å². The van der Waals surface area contributed by atoms with Crippen LogP contribution in [0.2, 0.25) is 0 Å². The van der Waals surface area contributed by atoms with Crippen LogP contribution in [0.15, 0.2) is 77.7 Å². The lowest BCUT2D eigenvalue weighted by atomic mass is 9.95. The van der Waals surface area contributed by atoms with Crippen molar-refractivity contribution >= 4 is 55.8 Å². The van der Waals surface area contributed by atoms with Crippen molar-refractivity contribution in [2.75, 3.05) is 23.8 Å². The van der Waals surface area contributed by atoms with Crippen LogP contribution in [0.4, 0.5) is 10.7 Å². The minimum Gasteiger partial charge on any atom is -0.478 e. The van der Waals surface area contributed by atoms with Crippen molar-refractivity contribution in [3.8, 4) is 0 Å². The first kappa shape index (κ1) is 37.9. The fourth-order valence-electron chi connectivity index (χ4n) is 6.75. The Morgan fingerprint density at radius 3 is 2.13 bits per heavy atom. The van der Waals surface area contributed by atoms with Crippen LogP contribution >= 0.6 is 11.3 Å². The van der Waals surface area contributed by atoms with Gasteiger partial charge in [-0.25, -0.2) is 13.2 Å². The highest BCUT2D eigenvalue weighted by atomic mass is 32.2. The molecule has 1 fully saturated rings. The number of esters is 1. The number of carboxylic acids is 1. The fourth-order valence-corrected chi connectivity index (χ4v) is 9.95. The number of sulfonamides is 1. The Bertz CT molecular complexity index is 2120. The first-order chi connectivity index (χ1) is 25.5. The zero-order valence-electron chi connectivity index (χ0n) is 29.8. The predicted octanol–water partition coefficient (Wildman–Crippen LogP) is 7.11. The van der Waals surface area contributed by atoms with E-state index in [4.69, 9.17) is 9.84 Å². The zero-order chi connectivity index (χ0) is 37.8. The molecule has 6 rings (SSSR count). The van der Waals surface area contributed by atoms with E-state index in [-0.39, 0.29) is 35.1 Å². The second-order valence-electron chi connectivity index (χ2n) is 13.4. The molecule has 3 aromatic carbocycles. The van der Waals surface area contributed by atoms with Gasteiger partial charge in [0, 0.05) is 22.7 Å². The van der Waals surface area contributed by atoms with Crippen LogP contribution in [-0.4, -0.2) is 60.3 Å². The Morgan fingerprint density at radius 2 is 1.51 bits per heavy atom. The number of carbonyl (C=O) groups excluding carboxylic acids is 3. The lowest BCUT2D eigenvalue weighted by Gasteiger charge is -2.29. The molecule has 11 nitrogen and oxygen atoms in total. The van der Waals surface area contributed by atoms with Crippen molar-refractivity contribution in [3.05, 3.63) is 111 Å². The number of aryl methyl sites for hydroxylation is 3. The molecule has 2 aliphatic rings. The third kappa shape index (κ3) is 8.22. The van der Waals surface area contributed by atoms with Gasteiger partial charge in [-0.2, -0.15) is 4.31 Å². The Kier molecular flexibility index (Phi) is 11.5. The molecule has 2 aliphatic carbocycles. The third-order valence-electron chi connectivity index (χ3n) is 9.71. The number of anilines is 2. The number of fused-ring (bicyclic) bond motifs is 1. The molecule has 3 N–H and O–H groups in total. The molecule has 0 radical (unpaired) electrons. The topological polar surface area (TPSA) is 159 Å². The van der Waals surface area contributed by atoms with Crippen LogP contribution in [0.25, 0.3) is 0 Å². The number of thiophene rings is 1. The number of carboxylic acid groups (broad SMARTS) is 1. The van der Waals surface area contributed by atoms with Gasteiger partial charge < -0.3 is 20.5 Å². The molecule has 0 aliphatic heterocycles. The van der Waals surface area contributed by atoms with E-state index in [1.807, 2.05) is 43.3 Å². The van der Waals surface area contributed by atoms with Crippen LogP contribution in [0.1, 0.15) is 98.6 Å². The number of benzene rings is 3. The molecule has 2 amide bonds. The number of nitrogens with zero attached hydrogens (tertiary/aromatic N) is 1. The average molecular weight is 758 g/mol. The summed E-state index contributed by atoms with van der Waals surface area (Å²) in [6, 6.07) is 20.1.